The van der Waals surface area contributed by atoms with E-state index in [2.05, 4.69) is 5.18 Å². The third-order valence-corrected chi connectivity index (χ3v) is 6.05. The molecule has 2 aliphatic carbocycles. The molecule has 7 heteroatoms. The molecular weight excluding hydrogens is 308 g/mol. The number of rotatable bonds is 3. The van der Waals surface area contributed by atoms with Crippen molar-refractivity contribution in [1.29, 1.82) is 0 Å². The van der Waals surface area contributed by atoms with E-state index >= 15 is 0 Å². The molecule has 3 aliphatic rings. The molecule has 0 aromatic carbocycles. The number of imide groups is 1. The van der Waals surface area contributed by atoms with E-state index < -0.39 is 17.6 Å². The van der Waals surface area contributed by atoms with Gasteiger partial charge in [0.1, 0.15) is 6.17 Å². The van der Waals surface area contributed by atoms with Crippen LogP contribution in [-0.4, -0.2) is 45.5 Å². The topological polar surface area (TPSA) is 96.1 Å². The van der Waals surface area contributed by atoms with Crippen LogP contribution in [0.2, 0.25) is 0 Å². The minimum absolute atomic E-state index is 0.00140. The monoisotopic (exact) mass is 336 g/mol. The van der Waals surface area contributed by atoms with Crippen molar-refractivity contribution in [2.45, 2.75) is 94.9 Å². The number of carbonyl (C=O) groups excluding carboxylic acids is 2. The van der Waals surface area contributed by atoms with E-state index in [-0.39, 0.29) is 18.1 Å². The Morgan fingerprint density at radius 1 is 0.958 bits per heavy atom. The van der Waals surface area contributed by atoms with Crippen molar-refractivity contribution in [1.82, 2.24) is 9.80 Å². The molecule has 3 fully saturated rings. The van der Waals surface area contributed by atoms with E-state index in [1.54, 1.807) is 4.90 Å². The summed E-state index contributed by atoms with van der Waals surface area (Å²) in [5, 5.41) is 3.11. The summed E-state index contributed by atoms with van der Waals surface area (Å²) < 4.78 is 0. The Balaban J connectivity index is 1.94. The smallest absolute Gasteiger partial charge is 0.309 e. The molecule has 2 N–H and O–H groups in total. The third-order valence-electron chi connectivity index (χ3n) is 6.05. The Bertz CT molecular complexity index is 514. The van der Waals surface area contributed by atoms with Crippen LogP contribution in [0.25, 0.3) is 0 Å². The first-order chi connectivity index (χ1) is 11.5. The molecule has 1 aliphatic heterocycles. The van der Waals surface area contributed by atoms with Gasteiger partial charge in [0.05, 0.1) is 0 Å². The van der Waals surface area contributed by atoms with Gasteiger partial charge in [0, 0.05) is 12.1 Å². The second-order valence-electron chi connectivity index (χ2n) is 7.63. The largest absolute Gasteiger partial charge is 0.328 e. The molecule has 24 heavy (non-hydrogen) atoms. The Kier molecular flexibility index (Phi) is 4.90. The second-order valence-corrected chi connectivity index (χ2v) is 7.63. The molecule has 2 saturated carbocycles. The lowest BCUT2D eigenvalue weighted by Gasteiger charge is -2.51. The summed E-state index contributed by atoms with van der Waals surface area (Å²) in [6.07, 6.45) is 8.77. The first kappa shape index (κ1) is 17.3. The maximum Gasteiger partial charge on any atom is 0.328 e. The molecule has 3 amide bonds. The first-order valence-electron chi connectivity index (χ1n) is 9.26. The van der Waals surface area contributed by atoms with E-state index in [0.29, 0.717) is 0 Å². The molecule has 3 rings (SSSR count). The van der Waals surface area contributed by atoms with Crippen LogP contribution in [0.15, 0.2) is 5.18 Å². The van der Waals surface area contributed by atoms with Crippen molar-refractivity contribution < 1.29 is 9.59 Å². The van der Waals surface area contributed by atoms with Gasteiger partial charge >= 0.3 is 6.03 Å². The molecule has 1 saturated heterocycles. The molecule has 0 radical (unpaired) electrons. The second kappa shape index (κ2) is 6.78. The maximum absolute atomic E-state index is 13.2. The maximum atomic E-state index is 13.2. The number of urea groups is 1. The fourth-order valence-corrected chi connectivity index (χ4v) is 4.47. The van der Waals surface area contributed by atoms with Crippen LogP contribution >= 0.6 is 0 Å². The van der Waals surface area contributed by atoms with Crippen molar-refractivity contribution in [3.8, 4) is 0 Å². The number of hydrogen-bond donors (Lipinski definition) is 1. The van der Waals surface area contributed by atoms with Crippen molar-refractivity contribution in [3.63, 3.8) is 0 Å². The van der Waals surface area contributed by atoms with Crippen molar-refractivity contribution >= 4 is 11.9 Å². The highest BCUT2D eigenvalue weighted by atomic mass is 16.3. The predicted molar refractivity (Wildman–Crippen MR) is 90.0 cm³/mol. The molecular formula is C17H28N4O3. The van der Waals surface area contributed by atoms with Crippen molar-refractivity contribution in [3.05, 3.63) is 4.91 Å². The third kappa shape index (κ3) is 2.72. The number of amides is 3. The van der Waals surface area contributed by atoms with Gasteiger partial charge in [0.15, 0.2) is 0 Å². The zero-order chi connectivity index (χ0) is 17.3. The van der Waals surface area contributed by atoms with Gasteiger partial charge in [-0.15, -0.1) is 4.91 Å². The minimum atomic E-state index is -1.59. The lowest BCUT2D eigenvalue weighted by Crippen LogP contribution is -2.75. The lowest BCUT2D eigenvalue weighted by atomic mass is 9.86. The van der Waals surface area contributed by atoms with Gasteiger partial charge in [0.25, 0.3) is 5.91 Å². The van der Waals surface area contributed by atoms with Crippen LogP contribution in [0.1, 0.15) is 71.1 Å². The molecule has 7 nitrogen and oxygen atoms in total. The van der Waals surface area contributed by atoms with Crippen LogP contribution in [0, 0.1) is 4.91 Å². The fraction of sp³-hybridized carbons (Fsp3) is 0.882. The van der Waals surface area contributed by atoms with Gasteiger partial charge in [-0.3, -0.25) is 9.69 Å². The van der Waals surface area contributed by atoms with Gasteiger partial charge < -0.3 is 10.6 Å². The average Bonchev–Trinajstić information content (AvgIpc) is 2.62. The Hall–Kier alpha value is -1.50. The predicted octanol–water partition coefficient (Wildman–Crippen LogP) is 2.73. The molecule has 0 aromatic heterocycles. The summed E-state index contributed by atoms with van der Waals surface area (Å²) in [7, 11) is 0. The fourth-order valence-electron chi connectivity index (χ4n) is 4.47. The summed E-state index contributed by atoms with van der Waals surface area (Å²) in [5.41, 5.74) is 4.64. The quantitative estimate of drug-likeness (QED) is 0.801. The van der Waals surface area contributed by atoms with Gasteiger partial charge in [-0.2, -0.15) is 0 Å². The molecule has 2 atom stereocenters. The van der Waals surface area contributed by atoms with E-state index in [1.165, 1.54) is 11.8 Å². The van der Waals surface area contributed by atoms with E-state index in [4.69, 9.17) is 5.73 Å². The first-order valence-corrected chi connectivity index (χ1v) is 9.26. The zero-order valence-electron chi connectivity index (χ0n) is 14.4. The van der Waals surface area contributed by atoms with Crippen LogP contribution in [0.5, 0.6) is 0 Å². The highest BCUT2D eigenvalue weighted by molar-refractivity contribution is 6.03. The summed E-state index contributed by atoms with van der Waals surface area (Å²) in [5.74, 6) is -0.519. The molecule has 0 spiro atoms. The highest BCUT2D eigenvalue weighted by Gasteiger charge is 2.57. The zero-order valence-corrected chi connectivity index (χ0v) is 14.4. The number of carbonyl (C=O) groups is 2. The minimum Gasteiger partial charge on any atom is -0.309 e. The molecule has 1 heterocycles. The van der Waals surface area contributed by atoms with E-state index in [0.717, 1.165) is 64.2 Å². The summed E-state index contributed by atoms with van der Waals surface area (Å²) >= 11 is 0. The Morgan fingerprint density at radius 3 is 1.96 bits per heavy atom. The summed E-state index contributed by atoms with van der Waals surface area (Å²) in [4.78, 5) is 40.5. The molecule has 2 unspecified atom stereocenters. The van der Waals surface area contributed by atoms with Crippen LogP contribution in [-0.2, 0) is 4.79 Å². The van der Waals surface area contributed by atoms with Crippen molar-refractivity contribution in [2.24, 2.45) is 10.9 Å². The molecule has 0 bridgehead atoms. The SMILES string of the molecule is CC1(N=O)C(=O)N(C2CCCCC2)C(=O)N(C2CCCCC2)C1N. The summed E-state index contributed by atoms with van der Waals surface area (Å²) in [6.45, 7) is 1.48. The van der Waals surface area contributed by atoms with Gasteiger partial charge in [-0.05, 0) is 37.8 Å². The van der Waals surface area contributed by atoms with Gasteiger partial charge in [-0.25, -0.2) is 4.79 Å². The van der Waals surface area contributed by atoms with Crippen LogP contribution in [0.4, 0.5) is 4.79 Å². The number of nitrogens with zero attached hydrogens (tertiary/aromatic N) is 3. The van der Waals surface area contributed by atoms with Crippen molar-refractivity contribution in [2.75, 3.05) is 0 Å². The number of nitrogens with two attached hydrogens (primary N) is 1. The Labute approximate surface area is 142 Å². The Morgan fingerprint density at radius 2 is 1.46 bits per heavy atom. The molecule has 0 aromatic rings. The molecule has 134 valence electrons. The highest BCUT2D eigenvalue weighted by Crippen LogP contribution is 2.36. The van der Waals surface area contributed by atoms with Crippen LogP contribution < -0.4 is 5.73 Å². The summed E-state index contributed by atoms with van der Waals surface area (Å²) in [6, 6.07) is -0.438. The standard InChI is InChI=1S/C17H28N4O3/c1-17(19-24)14(18)20(12-8-4-2-5-9-12)16(23)21(15(17)22)13-10-6-3-7-11-13/h12-14H,2-11,18H2,1H3. The van der Waals surface area contributed by atoms with Crippen LogP contribution in [0.3, 0.4) is 0 Å². The van der Waals surface area contributed by atoms with Gasteiger partial charge in [-0.1, -0.05) is 38.5 Å². The number of hydrogen-bond acceptors (Lipinski definition) is 5. The lowest BCUT2D eigenvalue weighted by molar-refractivity contribution is -0.144. The number of nitroso groups, excluding NO2 is 1. The van der Waals surface area contributed by atoms with E-state index in [1.807, 2.05) is 0 Å². The van der Waals surface area contributed by atoms with Gasteiger partial charge in [0.2, 0.25) is 5.54 Å². The average molecular weight is 336 g/mol. The normalized spacial score (nSPS) is 33.8. The van der Waals surface area contributed by atoms with E-state index in [9.17, 15) is 14.5 Å².